The molecule has 2 aliphatic heterocycles. The summed E-state index contributed by atoms with van der Waals surface area (Å²) < 4.78 is 5.88. The molecule has 0 radical (unpaired) electrons. The van der Waals surface area contributed by atoms with Crippen molar-refractivity contribution in [1.29, 1.82) is 0 Å². The van der Waals surface area contributed by atoms with Gasteiger partial charge in [-0.1, -0.05) is 37.6 Å². The molecule has 18 heavy (non-hydrogen) atoms. The molecule has 3 heteroatoms. The lowest BCUT2D eigenvalue weighted by Crippen LogP contribution is -2.28. The first kappa shape index (κ1) is 13.8. The molecule has 1 saturated heterocycles. The standard InChI is InChI=1S/C15H24O3/c1-12-7-5-9-14(2,3)11-13-16-15(4,18-17-13)10-6-8-12/h5,8-9,13H,6-7,10-11H2,1-4H3/b9-5+,12-8+. The van der Waals surface area contributed by atoms with Crippen LogP contribution in [0, 0.1) is 5.41 Å². The Morgan fingerprint density at radius 3 is 2.83 bits per heavy atom. The first-order valence-corrected chi connectivity index (χ1v) is 6.74. The fourth-order valence-electron chi connectivity index (χ4n) is 2.37. The van der Waals surface area contributed by atoms with Gasteiger partial charge in [0, 0.05) is 12.8 Å². The molecule has 0 saturated carbocycles. The Kier molecular flexibility index (Phi) is 3.95. The molecule has 3 nitrogen and oxygen atoms in total. The van der Waals surface area contributed by atoms with Crippen molar-refractivity contribution in [1.82, 2.24) is 0 Å². The summed E-state index contributed by atoms with van der Waals surface area (Å²) in [5.41, 5.74) is 1.44. The number of hydrogen-bond donors (Lipinski definition) is 0. The molecule has 2 heterocycles. The fraction of sp³-hybridized carbons (Fsp3) is 0.733. The van der Waals surface area contributed by atoms with Crippen LogP contribution >= 0.6 is 0 Å². The molecule has 2 unspecified atom stereocenters. The monoisotopic (exact) mass is 252 g/mol. The third-order valence-corrected chi connectivity index (χ3v) is 3.51. The lowest BCUT2D eigenvalue weighted by atomic mass is 9.88. The minimum atomic E-state index is -0.597. The normalized spacial score (nSPS) is 41.3. The predicted molar refractivity (Wildman–Crippen MR) is 70.6 cm³/mol. The van der Waals surface area contributed by atoms with Gasteiger partial charge in [0.2, 0.25) is 5.79 Å². The van der Waals surface area contributed by atoms with Crippen molar-refractivity contribution in [2.75, 3.05) is 0 Å². The van der Waals surface area contributed by atoms with Gasteiger partial charge in [0.05, 0.1) is 0 Å². The summed E-state index contributed by atoms with van der Waals surface area (Å²) in [6, 6.07) is 0. The average molecular weight is 252 g/mol. The SMILES string of the molecule is C/C1=C\CCC2(C)OOC(CC(C)(C)/C=C/C1)O2. The van der Waals surface area contributed by atoms with Crippen molar-refractivity contribution >= 4 is 0 Å². The first-order valence-electron chi connectivity index (χ1n) is 6.74. The van der Waals surface area contributed by atoms with Gasteiger partial charge in [0.1, 0.15) is 0 Å². The Morgan fingerprint density at radius 1 is 1.28 bits per heavy atom. The fourth-order valence-corrected chi connectivity index (χ4v) is 2.37. The zero-order valence-electron chi connectivity index (χ0n) is 11.9. The minimum absolute atomic E-state index is 0.0543. The molecule has 102 valence electrons. The molecule has 2 bridgehead atoms. The van der Waals surface area contributed by atoms with E-state index in [1.54, 1.807) is 0 Å². The number of hydrogen-bond acceptors (Lipinski definition) is 3. The maximum Gasteiger partial charge on any atom is 0.202 e. The average Bonchev–Trinajstić information content (AvgIpc) is 2.58. The van der Waals surface area contributed by atoms with Gasteiger partial charge in [-0.3, -0.25) is 0 Å². The summed E-state index contributed by atoms with van der Waals surface area (Å²) in [6.45, 7) is 8.50. The summed E-state index contributed by atoms with van der Waals surface area (Å²) in [4.78, 5) is 10.7. The Bertz CT molecular complexity index is 357. The third-order valence-electron chi connectivity index (χ3n) is 3.51. The van der Waals surface area contributed by atoms with E-state index >= 15 is 0 Å². The minimum Gasteiger partial charge on any atom is -0.315 e. The van der Waals surface area contributed by atoms with Crippen LogP contribution in [0.2, 0.25) is 0 Å². The smallest absolute Gasteiger partial charge is 0.202 e. The highest BCUT2D eigenvalue weighted by Crippen LogP contribution is 2.36. The molecule has 0 aromatic heterocycles. The van der Waals surface area contributed by atoms with Crippen molar-refractivity contribution in [2.45, 2.75) is 65.5 Å². The van der Waals surface area contributed by atoms with Crippen molar-refractivity contribution in [3.8, 4) is 0 Å². The summed E-state index contributed by atoms with van der Waals surface area (Å²) >= 11 is 0. The maximum atomic E-state index is 5.88. The van der Waals surface area contributed by atoms with Crippen LogP contribution in [0.25, 0.3) is 0 Å². The van der Waals surface area contributed by atoms with Gasteiger partial charge in [-0.2, -0.15) is 4.89 Å². The molecule has 0 aromatic carbocycles. The molecule has 2 aliphatic rings. The van der Waals surface area contributed by atoms with Crippen molar-refractivity contribution in [3.63, 3.8) is 0 Å². The molecule has 0 amide bonds. The van der Waals surface area contributed by atoms with Gasteiger partial charge in [0.25, 0.3) is 0 Å². The molecule has 2 atom stereocenters. The van der Waals surface area contributed by atoms with E-state index in [1.165, 1.54) is 5.57 Å². The number of rotatable bonds is 0. The highest BCUT2D eigenvalue weighted by Gasteiger charge is 2.40. The lowest BCUT2D eigenvalue weighted by Gasteiger charge is -2.24. The van der Waals surface area contributed by atoms with Crippen molar-refractivity contribution in [2.24, 2.45) is 5.41 Å². The molecule has 1 fully saturated rings. The Balaban J connectivity index is 2.15. The first-order chi connectivity index (χ1) is 8.39. The van der Waals surface area contributed by atoms with Crippen LogP contribution in [0.4, 0.5) is 0 Å². The largest absolute Gasteiger partial charge is 0.315 e. The van der Waals surface area contributed by atoms with Gasteiger partial charge >= 0.3 is 0 Å². The van der Waals surface area contributed by atoms with Gasteiger partial charge in [-0.05, 0) is 32.1 Å². The molecule has 2 rings (SSSR count). The summed E-state index contributed by atoms with van der Waals surface area (Å²) in [5.74, 6) is -0.597. The van der Waals surface area contributed by atoms with E-state index < -0.39 is 5.79 Å². The number of allylic oxidation sites excluding steroid dienone is 4. The van der Waals surface area contributed by atoms with Crippen LogP contribution in [-0.2, 0) is 14.5 Å². The highest BCUT2D eigenvalue weighted by atomic mass is 17.3. The third kappa shape index (κ3) is 3.67. The van der Waals surface area contributed by atoms with E-state index in [9.17, 15) is 0 Å². The molecular formula is C15H24O3. The Labute approximate surface area is 110 Å². The number of ether oxygens (including phenoxy) is 1. The predicted octanol–water partition coefficient (Wildman–Crippen LogP) is 4.11. The second-order valence-electron chi connectivity index (χ2n) is 6.25. The van der Waals surface area contributed by atoms with Crippen LogP contribution in [0.5, 0.6) is 0 Å². The molecule has 0 aromatic rings. The van der Waals surface area contributed by atoms with Crippen LogP contribution in [0.3, 0.4) is 0 Å². The number of fused-ring (bicyclic) bond motifs is 2. The second kappa shape index (κ2) is 5.16. The van der Waals surface area contributed by atoms with Gasteiger partial charge in [-0.15, -0.1) is 0 Å². The van der Waals surface area contributed by atoms with Crippen LogP contribution in [0.1, 0.15) is 53.4 Å². The van der Waals surface area contributed by atoms with E-state index in [-0.39, 0.29) is 11.7 Å². The molecular weight excluding hydrogens is 228 g/mol. The van der Waals surface area contributed by atoms with E-state index in [0.717, 1.165) is 25.7 Å². The summed E-state index contributed by atoms with van der Waals surface area (Å²) in [5, 5.41) is 0. The molecule has 0 aliphatic carbocycles. The van der Waals surface area contributed by atoms with Crippen molar-refractivity contribution in [3.05, 3.63) is 23.8 Å². The molecule has 0 N–H and O–H groups in total. The second-order valence-corrected chi connectivity index (χ2v) is 6.25. The van der Waals surface area contributed by atoms with Gasteiger partial charge in [0.15, 0.2) is 6.29 Å². The quantitative estimate of drug-likeness (QED) is 0.479. The van der Waals surface area contributed by atoms with Crippen LogP contribution in [0.15, 0.2) is 23.8 Å². The van der Waals surface area contributed by atoms with Crippen molar-refractivity contribution < 1.29 is 14.5 Å². The zero-order valence-corrected chi connectivity index (χ0v) is 11.9. The topological polar surface area (TPSA) is 27.7 Å². The Hall–Kier alpha value is -0.640. The Morgan fingerprint density at radius 2 is 2.06 bits per heavy atom. The summed E-state index contributed by atoms with van der Waals surface area (Å²) in [6.07, 6.45) is 10.1. The summed E-state index contributed by atoms with van der Waals surface area (Å²) in [7, 11) is 0. The van der Waals surface area contributed by atoms with Crippen LogP contribution < -0.4 is 0 Å². The van der Waals surface area contributed by atoms with E-state index in [1.807, 2.05) is 6.92 Å². The molecule has 0 spiro atoms. The zero-order chi connectivity index (χ0) is 13.2. The van der Waals surface area contributed by atoms with Crippen LogP contribution in [-0.4, -0.2) is 12.1 Å². The van der Waals surface area contributed by atoms with Gasteiger partial charge < -0.3 is 4.74 Å². The van der Waals surface area contributed by atoms with E-state index in [4.69, 9.17) is 14.5 Å². The maximum absolute atomic E-state index is 5.88. The van der Waals surface area contributed by atoms with E-state index in [2.05, 4.69) is 39.0 Å². The van der Waals surface area contributed by atoms with Gasteiger partial charge in [-0.25, -0.2) is 4.89 Å². The lowest BCUT2D eigenvalue weighted by molar-refractivity contribution is -0.328. The highest BCUT2D eigenvalue weighted by molar-refractivity contribution is 5.07. The van der Waals surface area contributed by atoms with E-state index in [0.29, 0.717) is 0 Å².